The lowest BCUT2D eigenvalue weighted by molar-refractivity contribution is 0.0960. The van der Waals surface area contributed by atoms with Crippen molar-refractivity contribution in [2.45, 2.75) is 9.79 Å². The predicted octanol–water partition coefficient (Wildman–Crippen LogP) is 4.65. The second-order valence-electron chi connectivity index (χ2n) is 6.45. The quantitative estimate of drug-likeness (QED) is 0.530. The molecule has 0 bridgehead atoms. The van der Waals surface area contributed by atoms with Gasteiger partial charge in [0.2, 0.25) is 0 Å². The zero-order chi connectivity index (χ0) is 20.2. The highest BCUT2D eigenvalue weighted by Crippen LogP contribution is 2.33. The number of benzene rings is 2. The predicted molar refractivity (Wildman–Crippen MR) is 118 cm³/mol. The molecule has 144 valence electrons. The van der Waals surface area contributed by atoms with Crippen LogP contribution in [0, 0.1) is 0 Å². The highest BCUT2D eigenvalue weighted by atomic mass is 32.2. The van der Waals surface area contributed by atoms with Crippen molar-refractivity contribution < 1.29 is 4.79 Å². The van der Waals surface area contributed by atoms with Crippen LogP contribution in [0.15, 0.2) is 76.7 Å². The van der Waals surface area contributed by atoms with E-state index in [1.807, 2.05) is 66.3 Å². The monoisotopic (exact) mass is 400 g/mol. The van der Waals surface area contributed by atoms with Gasteiger partial charge in [-0.25, -0.2) is 0 Å². The van der Waals surface area contributed by atoms with Gasteiger partial charge in [0.1, 0.15) is 0 Å². The number of nitrogens with zero attached hydrogens (tertiary/aromatic N) is 3. The van der Waals surface area contributed by atoms with Gasteiger partial charge in [0.05, 0.1) is 22.5 Å². The summed E-state index contributed by atoms with van der Waals surface area (Å²) in [6.07, 6.45) is 5.72. The third kappa shape index (κ3) is 4.07. The van der Waals surface area contributed by atoms with Gasteiger partial charge in [-0.05, 0) is 54.6 Å². The van der Waals surface area contributed by atoms with Gasteiger partial charge in [0.25, 0.3) is 5.91 Å². The largest absolute Gasteiger partial charge is 0.355 e. The van der Waals surface area contributed by atoms with Crippen LogP contribution in [0.5, 0.6) is 0 Å². The van der Waals surface area contributed by atoms with Crippen molar-refractivity contribution in [2.75, 3.05) is 7.05 Å². The Morgan fingerprint density at radius 2 is 1.90 bits per heavy atom. The van der Waals surface area contributed by atoms with Crippen molar-refractivity contribution in [2.24, 2.45) is 7.05 Å². The molecule has 0 aliphatic carbocycles. The standard InChI is InChI=1S/C23H20N4OS/c1-24-23(28)19-8-3-4-9-22(19)29-17-11-12-18-20(26-27(2)21(18)15-17)13-10-16-7-5-6-14-25-16/h3-15H,1-2H3,(H,24,28)/b13-10+. The third-order valence-electron chi connectivity index (χ3n) is 4.54. The van der Waals surface area contributed by atoms with E-state index in [2.05, 4.69) is 33.6 Å². The summed E-state index contributed by atoms with van der Waals surface area (Å²) in [7, 11) is 3.58. The fraction of sp³-hybridized carbons (Fsp3) is 0.0870. The number of carbonyl (C=O) groups excluding carboxylic acids is 1. The van der Waals surface area contributed by atoms with Crippen LogP contribution < -0.4 is 5.32 Å². The van der Waals surface area contributed by atoms with Gasteiger partial charge in [-0.1, -0.05) is 30.0 Å². The molecule has 2 aromatic heterocycles. The normalized spacial score (nSPS) is 11.2. The molecule has 2 aromatic carbocycles. The number of amides is 1. The summed E-state index contributed by atoms with van der Waals surface area (Å²) in [6.45, 7) is 0. The van der Waals surface area contributed by atoms with E-state index < -0.39 is 0 Å². The van der Waals surface area contributed by atoms with Crippen molar-refractivity contribution in [1.29, 1.82) is 0 Å². The first kappa shape index (κ1) is 19.0. The van der Waals surface area contributed by atoms with Crippen LogP contribution in [0.3, 0.4) is 0 Å². The average molecular weight is 401 g/mol. The summed E-state index contributed by atoms with van der Waals surface area (Å²) in [6, 6.07) is 19.7. The van der Waals surface area contributed by atoms with Crippen LogP contribution in [-0.4, -0.2) is 27.7 Å². The van der Waals surface area contributed by atoms with E-state index in [4.69, 9.17) is 0 Å². The van der Waals surface area contributed by atoms with E-state index in [-0.39, 0.29) is 5.91 Å². The summed E-state index contributed by atoms with van der Waals surface area (Å²) >= 11 is 1.57. The molecule has 29 heavy (non-hydrogen) atoms. The third-order valence-corrected chi connectivity index (χ3v) is 5.60. The number of hydrogen-bond acceptors (Lipinski definition) is 4. The Hall–Kier alpha value is -3.38. The SMILES string of the molecule is CNC(=O)c1ccccc1Sc1ccc2c(/C=C/c3ccccn3)nn(C)c2c1. The Morgan fingerprint density at radius 1 is 1.07 bits per heavy atom. The molecule has 0 radical (unpaired) electrons. The van der Waals surface area contributed by atoms with Crippen LogP contribution in [0.2, 0.25) is 0 Å². The molecule has 0 aliphatic rings. The van der Waals surface area contributed by atoms with E-state index in [0.717, 1.165) is 32.1 Å². The van der Waals surface area contributed by atoms with Gasteiger partial charge in [0, 0.05) is 35.5 Å². The zero-order valence-corrected chi connectivity index (χ0v) is 17.0. The Balaban J connectivity index is 1.65. The summed E-state index contributed by atoms with van der Waals surface area (Å²) in [5, 5.41) is 8.41. The maximum absolute atomic E-state index is 12.1. The molecule has 0 spiro atoms. The second kappa shape index (κ2) is 8.32. The molecule has 0 atom stereocenters. The molecule has 0 saturated heterocycles. The molecule has 0 aliphatic heterocycles. The van der Waals surface area contributed by atoms with E-state index in [9.17, 15) is 4.79 Å². The van der Waals surface area contributed by atoms with Gasteiger partial charge in [0.15, 0.2) is 0 Å². The van der Waals surface area contributed by atoms with Crippen molar-refractivity contribution in [3.05, 3.63) is 83.8 Å². The van der Waals surface area contributed by atoms with E-state index in [1.165, 1.54) is 0 Å². The lowest BCUT2D eigenvalue weighted by atomic mass is 10.2. The van der Waals surface area contributed by atoms with Crippen LogP contribution in [0.25, 0.3) is 23.1 Å². The van der Waals surface area contributed by atoms with Gasteiger partial charge < -0.3 is 5.32 Å². The first-order valence-electron chi connectivity index (χ1n) is 9.20. The maximum atomic E-state index is 12.1. The lowest BCUT2D eigenvalue weighted by Gasteiger charge is -2.08. The highest BCUT2D eigenvalue weighted by molar-refractivity contribution is 7.99. The van der Waals surface area contributed by atoms with Gasteiger partial charge >= 0.3 is 0 Å². The number of pyridine rings is 1. The molecule has 0 saturated carbocycles. The van der Waals surface area contributed by atoms with Crippen LogP contribution in [0.4, 0.5) is 0 Å². The Bertz CT molecular complexity index is 1200. The second-order valence-corrected chi connectivity index (χ2v) is 7.57. The summed E-state index contributed by atoms with van der Waals surface area (Å²) in [4.78, 5) is 18.4. The molecule has 1 amide bonds. The van der Waals surface area contributed by atoms with Gasteiger partial charge in [-0.2, -0.15) is 5.10 Å². The molecular formula is C23H20N4OS. The fourth-order valence-corrected chi connectivity index (χ4v) is 4.07. The first-order chi connectivity index (χ1) is 14.2. The number of nitrogens with one attached hydrogen (secondary N) is 1. The van der Waals surface area contributed by atoms with Crippen molar-refractivity contribution >= 4 is 40.7 Å². The lowest BCUT2D eigenvalue weighted by Crippen LogP contribution is -2.18. The molecule has 6 heteroatoms. The molecule has 4 aromatic rings. The summed E-state index contributed by atoms with van der Waals surface area (Å²) < 4.78 is 1.88. The van der Waals surface area contributed by atoms with Crippen LogP contribution in [-0.2, 0) is 7.05 Å². The van der Waals surface area contributed by atoms with Gasteiger partial charge in [-0.15, -0.1) is 0 Å². The summed E-state index contributed by atoms with van der Waals surface area (Å²) in [5.74, 6) is -0.0864. The summed E-state index contributed by atoms with van der Waals surface area (Å²) in [5.41, 5.74) is 3.50. The Labute approximate surface area is 173 Å². The smallest absolute Gasteiger partial charge is 0.252 e. The topological polar surface area (TPSA) is 59.8 Å². The Kier molecular flexibility index (Phi) is 5.44. The van der Waals surface area contributed by atoms with Crippen molar-refractivity contribution in [1.82, 2.24) is 20.1 Å². The molecule has 2 heterocycles. The van der Waals surface area contributed by atoms with Gasteiger partial charge in [-0.3, -0.25) is 14.5 Å². The number of carbonyl (C=O) groups is 1. The molecule has 1 N–H and O–H groups in total. The van der Waals surface area contributed by atoms with E-state index >= 15 is 0 Å². The molecule has 0 unspecified atom stereocenters. The van der Waals surface area contributed by atoms with Crippen molar-refractivity contribution in [3.63, 3.8) is 0 Å². The fourth-order valence-electron chi connectivity index (χ4n) is 3.10. The minimum atomic E-state index is -0.0864. The minimum Gasteiger partial charge on any atom is -0.355 e. The van der Waals surface area contributed by atoms with Crippen molar-refractivity contribution in [3.8, 4) is 0 Å². The minimum absolute atomic E-state index is 0.0864. The first-order valence-corrected chi connectivity index (χ1v) is 10.0. The molecular weight excluding hydrogens is 380 g/mol. The van der Waals surface area contributed by atoms with Crippen LogP contribution >= 0.6 is 11.8 Å². The number of rotatable bonds is 5. The number of aryl methyl sites for hydroxylation is 1. The van der Waals surface area contributed by atoms with Crippen LogP contribution in [0.1, 0.15) is 21.7 Å². The number of fused-ring (bicyclic) bond motifs is 1. The average Bonchev–Trinajstić information content (AvgIpc) is 3.08. The molecule has 5 nitrogen and oxygen atoms in total. The Morgan fingerprint density at radius 3 is 2.69 bits per heavy atom. The molecule has 0 fully saturated rings. The number of hydrogen-bond donors (Lipinski definition) is 1. The highest BCUT2D eigenvalue weighted by Gasteiger charge is 2.12. The maximum Gasteiger partial charge on any atom is 0.252 e. The van der Waals surface area contributed by atoms with E-state index in [0.29, 0.717) is 5.56 Å². The molecule has 4 rings (SSSR count). The zero-order valence-electron chi connectivity index (χ0n) is 16.2. The number of aromatic nitrogens is 3. The van der Waals surface area contributed by atoms with E-state index in [1.54, 1.807) is 25.0 Å².